The Hall–Kier alpha value is -3.09. The van der Waals surface area contributed by atoms with Crippen LogP contribution in [0.1, 0.15) is 34.6 Å². The van der Waals surface area contributed by atoms with Crippen molar-refractivity contribution in [2.75, 3.05) is 18.0 Å². The minimum absolute atomic E-state index is 0.0636. The number of carbonyl (C=O) groups is 1. The number of amides is 1. The number of rotatable bonds is 3. The zero-order chi connectivity index (χ0) is 18.8. The molecule has 1 aromatic carbocycles. The van der Waals surface area contributed by atoms with Crippen molar-refractivity contribution < 1.29 is 4.79 Å². The van der Waals surface area contributed by atoms with E-state index in [1.807, 2.05) is 38.1 Å². The van der Waals surface area contributed by atoms with Crippen molar-refractivity contribution in [2.45, 2.75) is 32.7 Å². The van der Waals surface area contributed by atoms with Crippen LogP contribution in [0.3, 0.4) is 0 Å². The van der Waals surface area contributed by atoms with Gasteiger partial charge in [0.05, 0.1) is 22.4 Å². The highest BCUT2D eigenvalue weighted by Crippen LogP contribution is 2.17. The second-order valence-corrected chi connectivity index (χ2v) is 6.88. The van der Waals surface area contributed by atoms with Gasteiger partial charge in [0.1, 0.15) is 0 Å². The van der Waals surface area contributed by atoms with Crippen molar-refractivity contribution in [3.63, 3.8) is 0 Å². The number of fused-ring (bicyclic) bond motifs is 1. The average molecular weight is 362 g/mol. The quantitative estimate of drug-likeness (QED) is 0.770. The first-order chi connectivity index (χ1) is 13.1. The Morgan fingerprint density at radius 3 is 2.41 bits per heavy atom. The molecule has 0 bridgehead atoms. The molecule has 0 aliphatic carbocycles. The summed E-state index contributed by atoms with van der Waals surface area (Å²) in [6.45, 7) is 5.53. The molecule has 3 aromatic rings. The van der Waals surface area contributed by atoms with Crippen molar-refractivity contribution in [1.82, 2.24) is 25.3 Å². The lowest BCUT2D eigenvalue weighted by Crippen LogP contribution is -2.45. The van der Waals surface area contributed by atoms with Gasteiger partial charge in [-0.15, -0.1) is 0 Å². The van der Waals surface area contributed by atoms with Gasteiger partial charge in [-0.1, -0.05) is 0 Å². The lowest BCUT2D eigenvalue weighted by molar-refractivity contribution is 0.0931. The summed E-state index contributed by atoms with van der Waals surface area (Å²) in [6.07, 6.45) is 5.25. The first-order valence-corrected chi connectivity index (χ1v) is 9.18. The third kappa shape index (κ3) is 3.72. The number of aryl methyl sites for hydroxylation is 2. The fourth-order valence-electron chi connectivity index (χ4n) is 3.32. The molecule has 7 nitrogen and oxygen atoms in total. The summed E-state index contributed by atoms with van der Waals surface area (Å²) in [5.74, 6) is 0.687. The molecule has 1 amide bonds. The Balaban J connectivity index is 1.41. The molecule has 3 heterocycles. The van der Waals surface area contributed by atoms with Crippen LogP contribution < -0.4 is 10.2 Å². The minimum Gasteiger partial charge on any atom is -0.349 e. The summed E-state index contributed by atoms with van der Waals surface area (Å²) in [5, 5.41) is 3.14. The van der Waals surface area contributed by atoms with Crippen LogP contribution in [-0.2, 0) is 0 Å². The molecule has 0 atom stereocenters. The smallest absolute Gasteiger partial charge is 0.251 e. The summed E-state index contributed by atoms with van der Waals surface area (Å²) < 4.78 is 0. The van der Waals surface area contributed by atoms with Crippen LogP contribution >= 0.6 is 0 Å². The van der Waals surface area contributed by atoms with Crippen molar-refractivity contribution in [1.29, 1.82) is 0 Å². The maximum atomic E-state index is 12.7. The van der Waals surface area contributed by atoms with Gasteiger partial charge >= 0.3 is 0 Å². The number of hydrogen-bond donors (Lipinski definition) is 1. The molecule has 7 heteroatoms. The number of piperidine rings is 1. The number of aromatic nitrogens is 4. The highest BCUT2D eigenvalue weighted by Gasteiger charge is 2.22. The third-order valence-corrected chi connectivity index (χ3v) is 5.00. The molecule has 0 saturated carbocycles. The van der Waals surface area contributed by atoms with E-state index in [2.05, 4.69) is 30.2 Å². The van der Waals surface area contributed by atoms with Crippen LogP contribution in [0.15, 0.2) is 36.7 Å². The summed E-state index contributed by atoms with van der Waals surface area (Å²) in [6, 6.07) is 7.45. The fraction of sp³-hybridized carbons (Fsp3) is 0.350. The van der Waals surface area contributed by atoms with Gasteiger partial charge in [-0.3, -0.25) is 4.79 Å². The maximum Gasteiger partial charge on any atom is 0.251 e. The first-order valence-electron chi connectivity index (χ1n) is 9.18. The molecule has 1 fully saturated rings. The normalized spacial score (nSPS) is 15.1. The van der Waals surface area contributed by atoms with Crippen LogP contribution in [0.4, 0.5) is 5.95 Å². The van der Waals surface area contributed by atoms with Gasteiger partial charge in [-0.25, -0.2) is 19.9 Å². The molecule has 1 N–H and O–H groups in total. The van der Waals surface area contributed by atoms with Gasteiger partial charge in [0.15, 0.2) is 0 Å². The van der Waals surface area contributed by atoms with Crippen LogP contribution in [0, 0.1) is 13.8 Å². The number of benzene rings is 1. The van der Waals surface area contributed by atoms with E-state index in [9.17, 15) is 4.79 Å². The molecule has 2 aromatic heterocycles. The predicted molar refractivity (Wildman–Crippen MR) is 104 cm³/mol. The number of nitrogens with zero attached hydrogens (tertiary/aromatic N) is 5. The number of nitrogens with one attached hydrogen (secondary N) is 1. The first kappa shape index (κ1) is 17.3. The lowest BCUT2D eigenvalue weighted by Gasteiger charge is -2.32. The molecular weight excluding hydrogens is 340 g/mol. The van der Waals surface area contributed by atoms with Gasteiger partial charge < -0.3 is 10.2 Å². The standard InChI is InChI=1S/C20H22N6O/c1-13-14(2)24-18-12-15(4-5-17(18)23-13)19(27)25-16-6-10-26(11-7-16)20-21-8-3-9-22-20/h3-5,8-9,12,16H,6-7,10-11H2,1-2H3,(H,25,27). The molecule has 27 heavy (non-hydrogen) atoms. The van der Waals surface area contributed by atoms with Crippen molar-refractivity contribution in [3.8, 4) is 0 Å². The second kappa shape index (κ2) is 7.26. The van der Waals surface area contributed by atoms with Gasteiger partial charge in [0.25, 0.3) is 5.91 Å². The molecule has 138 valence electrons. The summed E-state index contributed by atoms with van der Waals surface area (Å²) in [7, 11) is 0. The maximum absolute atomic E-state index is 12.7. The Labute approximate surface area is 157 Å². The largest absolute Gasteiger partial charge is 0.349 e. The molecular formula is C20H22N6O. The Morgan fingerprint density at radius 2 is 1.70 bits per heavy atom. The van der Waals surface area contributed by atoms with E-state index in [0.29, 0.717) is 5.56 Å². The molecule has 0 unspecified atom stereocenters. The van der Waals surface area contributed by atoms with E-state index < -0.39 is 0 Å². The van der Waals surface area contributed by atoms with E-state index in [-0.39, 0.29) is 11.9 Å². The topological polar surface area (TPSA) is 83.9 Å². The van der Waals surface area contributed by atoms with E-state index >= 15 is 0 Å². The van der Waals surface area contributed by atoms with Crippen molar-refractivity contribution >= 4 is 22.9 Å². The van der Waals surface area contributed by atoms with Crippen LogP contribution in [0.5, 0.6) is 0 Å². The van der Waals surface area contributed by atoms with Gasteiger partial charge in [-0.05, 0) is 51.0 Å². The van der Waals surface area contributed by atoms with Crippen molar-refractivity contribution in [2.24, 2.45) is 0 Å². The van der Waals surface area contributed by atoms with Crippen molar-refractivity contribution in [3.05, 3.63) is 53.6 Å². The third-order valence-electron chi connectivity index (χ3n) is 5.00. The fourth-order valence-corrected chi connectivity index (χ4v) is 3.32. The molecule has 1 saturated heterocycles. The predicted octanol–water partition coefficient (Wildman–Crippen LogP) is 2.44. The molecule has 1 aliphatic rings. The number of carbonyl (C=O) groups excluding carboxylic acids is 1. The Kier molecular flexibility index (Phi) is 4.66. The highest BCUT2D eigenvalue weighted by atomic mass is 16.1. The van der Waals surface area contributed by atoms with E-state index in [4.69, 9.17) is 0 Å². The monoisotopic (exact) mass is 362 g/mol. The van der Waals surface area contributed by atoms with Crippen LogP contribution in [0.2, 0.25) is 0 Å². The van der Waals surface area contributed by atoms with E-state index in [0.717, 1.165) is 54.3 Å². The summed E-state index contributed by atoms with van der Waals surface area (Å²) in [5.41, 5.74) is 3.98. The molecule has 1 aliphatic heterocycles. The SMILES string of the molecule is Cc1nc2ccc(C(=O)NC3CCN(c4ncccn4)CC3)cc2nc1C. The zero-order valence-corrected chi connectivity index (χ0v) is 15.5. The van der Waals surface area contributed by atoms with Gasteiger partial charge in [-0.2, -0.15) is 0 Å². The van der Waals surface area contributed by atoms with Crippen LogP contribution in [-0.4, -0.2) is 45.0 Å². The van der Waals surface area contributed by atoms with Crippen LogP contribution in [0.25, 0.3) is 11.0 Å². The second-order valence-electron chi connectivity index (χ2n) is 6.88. The van der Waals surface area contributed by atoms with Gasteiger partial charge in [0.2, 0.25) is 5.95 Å². The number of anilines is 1. The summed E-state index contributed by atoms with van der Waals surface area (Å²) >= 11 is 0. The Bertz CT molecular complexity index is 967. The Morgan fingerprint density at radius 1 is 1.04 bits per heavy atom. The average Bonchev–Trinajstić information content (AvgIpc) is 2.70. The molecule has 0 radical (unpaired) electrons. The van der Waals surface area contributed by atoms with E-state index in [1.54, 1.807) is 12.4 Å². The molecule has 4 rings (SSSR count). The van der Waals surface area contributed by atoms with Gasteiger partial charge in [0, 0.05) is 37.1 Å². The number of hydrogen-bond acceptors (Lipinski definition) is 6. The minimum atomic E-state index is -0.0636. The zero-order valence-electron chi connectivity index (χ0n) is 15.5. The van der Waals surface area contributed by atoms with E-state index in [1.165, 1.54) is 0 Å². The molecule has 0 spiro atoms. The lowest BCUT2D eigenvalue weighted by atomic mass is 10.0. The summed E-state index contributed by atoms with van der Waals surface area (Å²) in [4.78, 5) is 32.5. The highest BCUT2D eigenvalue weighted by molar-refractivity contribution is 5.97.